The minimum atomic E-state index is -0.585. The molecule has 0 fully saturated rings. The lowest BCUT2D eigenvalue weighted by Gasteiger charge is -2.08. The van der Waals surface area contributed by atoms with E-state index in [1.807, 2.05) is 19.1 Å². The van der Waals surface area contributed by atoms with Crippen LogP contribution < -0.4 is 0 Å². The molecule has 1 nitrogen and oxygen atoms in total. The molecule has 0 aliphatic heterocycles. The Morgan fingerprint density at radius 1 is 1.17 bits per heavy atom. The number of carbonyl (C=O) groups is 1. The molecule has 0 aliphatic carbocycles. The van der Waals surface area contributed by atoms with E-state index in [-0.39, 0.29) is 16.4 Å². The summed E-state index contributed by atoms with van der Waals surface area (Å²) in [6.45, 7) is 1.95. The molecule has 0 unspecified atom stereocenters. The number of ketones is 1. The number of hydrogen-bond acceptors (Lipinski definition) is 1. The SMILES string of the molecule is CCc1ccccc1C(=O)c1c(F)cccc1Cl. The normalized spacial score (nSPS) is 10.4. The summed E-state index contributed by atoms with van der Waals surface area (Å²) in [6, 6.07) is 11.4. The van der Waals surface area contributed by atoms with Crippen LogP contribution in [0.3, 0.4) is 0 Å². The number of hydrogen-bond donors (Lipinski definition) is 0. The van der Waals surface area contributed by atoms with E-state index in [9.17, 15) is 9.18 Å². The molecule has 18 heavy (non-hydrogen) atoms. The van der Waals surface area contributed by atoms with Crippen molar-refractivity contribution in [2.75, 3.05) is 0 Å². The van der Waals surface area contributed by atoms with Gasteiger partial charge in [0, 0.05) is 5.56 Å². The Labute approximate surface area is 110 Å². The maximum absolute atomic E-state index is 13.7. The molecule has 0 saturated heterocycles. The van der Waals surface area contributed by atoms with E-state index in [1.54, 1.807) is 12.1 Å². The summed E-state index contributed by atoms with van der Waals surface area (Å²) in [5.41, 5.74) is 1.34. The predicted octanol–water partition coefficient (Wildman–Crippen LogP) is 4.27. The van der Waals surface area contributed by atoms with E-state index in [2.05, 4.69) is 0 Å². The molecule has 0 saturated carbocycles. The Kier molecular flexibility index (Phi) is 3.78. The molecule has 2 aromatic rings. The molecule has 0 atom stereocenters. The molecule has 0 radical (unpaired) electrons. The predicted molar refractivity (Wildman–Crippen MR) is 70.7 cm³/mol. The lowest BCUT2D eigenvalue weighted by molar-refractivity contribution is 0.103. The van der Waals surface area contributed by atoms with Crippen LogP contribution in [0.1, 0.15) is 28.4 Å². The van der Waals surface area contributed by atoms with Gasteiger partial charge in [-0.25, -0.2) is 4.39 Å². The van der Waals surface area contributed by atoms with E-state index in [0.29, 0.717) is 12.0 Å². The van der Waals surface area contributed by atoms with E-state index in [4.69, 9.17) is 11.6 Å². The van der Waals surface area contributed by atoms with Gasteiger partial charge in [0.15, 0.2) is 5.78 Å². The lowest BCUT2D eigenvalue weighted by Crippen LogP contribution is -2.08. The molecule has 0 heterocycles. The van der Waals surface area contributed by atoms with Gasteiger partial charge in [-0.2, -0.15) is 0 Å². The van der Waals surface area contributed by atoms with Crippen molar-refractivity contribution in [2.45, 2.75) is 13.3 Å². The molecule has 0 bridgehead atoms. The molecule has 0 spiro atoms. The molecule has 0 aliphatic rings. The van der Waals surface area contributed by atoms with Crippen molar-refractivity contribution in [3.05, 3.63) is 70.0 Å². The second kappa shape index (κ2) is 5.32. The van der Waals surface area contributed by atoms with Crippen LogP contribution in [-0.2, 0) is 6.42 Å². The summed E-state index contributed by atoms with van der Waals surface area (Å²) in [7, 11) is 0. The van der Waals surface area contributed by atoms with Crippen molar-refractivity contribution in [3.63, 3.8) is 0 Å². The average Bonchev–Trinajstić information content (AvgIpc) is 2.38. The number of benzene rings is 2. The van der Waals surface area contributed by atoms with Crippen LogP contribution in [0.15, 0.2) is 42.5 Å². The van der Waals surface area contributed by atoms with Gasteiger partial charge in [0.05, 0.1) is 10.6 Å². The summed E-state index contributed by atoms with van der Waals surface area (Å²) < 4.78 is 13.7. The van der Waals surface area contributed by atoms with Crippen molar-refractivity contribution < 1.29 is 9.18 Å². The van der Waals surface area contributed by atoms with E-state index >= 15 is 0 Å². The van der Waals surface area contributed by atoms with Crippen molar-refractivity contribution in [1.29, 1.82) is 0 Å². The molecule has 0 amide bonds. The Balaban J connectivity index is 2.55. The molecule has 0 N–H and O–H groups in total. The number of rotatable bonds is 3. The van der Waals surface area contributed by atoms with Crippen molar-refractivity contribution in [3.8, 4) is 0 Å². The zero-order valence-electron chi connectivity index (χ0n) is 9.91. The van der Waals surface area contributed by atoms with Crippen molar-refractivity contribution in [2.24, 2.45) is 0 Å². The molecule has 3 heteroatoms. The van der Waals surface area contributed by atoms with E-state index < -0.39 is 5.82 Å². The number of carbonyl (C=O) groups excluding carboxylic acids is 1. The average molecular weight is 263 g/mol. The summed E-state index contributed by atoms with van der Waals surface area (Å²) in [5.74, 6) is -0.950. The smallest absolute Gasteiger partial charge is 0.197 e. The zero-order chi connectivity index (χ0) is 13.1. The van der Waals surface area contributed by atoms with Gasteiger partial charge in [0.1, 0.15) is 5.82 Å². The van der Waals surface area contributed by atoms with Crippen molar-refractivity contribution in [1.82, 2.24) is 0 Å². The van der Waals surface area contributed by atoms with Crippen LogP contribution in [-0.4, -0.2) is 5.78 Å². The van der Waals surface area contributed by atoms with Crippen LogP contribution in [0.5, 0.6) is 0 Å². The monoisotopic (exact) mass is 262 g/mol. The first-order valence-electron chi connectivity index (χ1n) is 5.71. The molecular formula is C15H12ClFO. The fourth-order valence-electron chi connectivity index (χ4n) is 1.90. The Hall–Kier alpha value is -1.67. The third-order valence-electron chi connectivity index (χ3n) is 2.83. The van der Waals surface area contributed by atoms with Crippen LogP contribution in [0.25, 0.3) is 0 Å². The second-order valence-electron chi connectivity index (χ2n) is 3.94. The highest BCUT2D eigenvalue weighted by Gasteiger charge is 2.19. The largest absolute Gasteiger partial charge is 0.288 e. The van der Waals surface area contributed by atoms with Gasteiger partial charge >= 0.3 is 0 Å². The Morgan fingerprint density at radius 3 is 2.56 bits per heavy atom. The fourth-order valence-corrected chi connectivity index (χ4v) is 2.15. The number of halogens is 2. The summed E-state index contributed by atoms with van der Waals surface area (Å²) in [6.07, 6.45) is 0.716. The van der Waals surface area contributed by atoms with Gasteiger partial charge in [-0.1, -0.05) is 48.9 Å². The first-order chi connectivity index (χ1) is 8.65. The maximum atomic E-state index is 13.7. The first kappa shape index (κ1) is 12.8. The molecule has 2 aromatic carbocycles. The highest BCUT2D eigenvalue weighted by Crippen LogP contribution is 2.24. The van der Waals surface area contributed by atoms with Crippen LogP contribution in [0.4, 0.5) is 4.39 Å². The Morgan fingerprint density at radius 2 is 1.89 bits per heavy atom. The first-order valence-corrected chi connectivity index (χ1v) is 6.09. The van der Waals surface area contributed by atoms with Gasteiger partial charge in [-0.15, -0.1) is 0 Å². The van der Waals surface area contributed by atoms with Gasteiger partial charge in [0.2, 0.25) is 0 Å². The lowest BCUT2D eigenvalue weighted by atomic mass is 9.97. The van der Waals surface area contributed by atoms with Gasteiger partial charge in [-0.3, -0.25) is 4.79 Å². The van der Waals surface area contributed by atoms with E-state index in [0.717, 1.165) is 5.56 Å². The summed E-state index contributed by atoms with van der Waals surface area (Å²) in [5, 5.41) is 0.144. The summed E-state index contributed by atoms with van der Waals surface area (Å²) in [4.78, 5) is 12.3. The topological polar surface area (TPSA) is 17.1 Å². The standard InChI is InChI=1S/C15H12ClFO/c1-2-10-6-3-4-7-11(10)15(18)14-12(16)8-5-9-13(14)17/h3-9H,2H2,1H3. The van der Waals surface area contributed by atoms with Crippen LogP contribution in [0.2, 0.25) is 5.02 Å². The van der Waals surface area contributed by atoms with Gasteiger partial charge in [-0.05, 0) is 24.1 Å². The van der Waals surface area contributed by atoms with Gasteiger partial charge in [0.25, 0.3) is 0 Å². The molecule has 2 rings (SSSR count). The third kappa shape index (κ3) is 2.29. The molecule has 0 aromatic heterocycles. The Bertz CT molecular complexity index is 573. The highest BCUT2D eigenvalue weighted by molar-refractivity contribution is 6.35. The number of aryl methyl sites for hydroxylation is 1. The minimum Gasteiger partial charge on any atom is -0.288 e. The van der Waals surface area contributed by atoms with Crippen molar-refractivity contribution >= 4 is 17.4 Å². The second-order valence-corrected chi connectivity index (χ2v) is 4.34. The highest BCUT2D eigenvalue weighted by atomic mass is 35.5. The minimum absolute atomic E-state index is 0.0555. The van der Waals surface area contributed by atoms with E-state index in [1.165, 1.54) is 18.2 Å². The van der Waals surface area contributed by atoms with Crippen LogP contribution in [0, 0.1) is 5.82 Å². The molecular weight excluding hydrogens is 251 g/mol. The van der Waals surface area contributed by atoms with Crippen LogP contribution >= 0.6 is 11.6 Å². The van der Waals surface area contributed by atoms with Gasteiger partial charge < -0.3 is 0 Å². The zero-order valence-corrected chi connectivity index (χ0v) is 10.7. The quantitative estimate of drug-likeness (QED) is 0.755. The fraction of sp³-hybridized carbons (Fsp3) is 0.133. The third-order valence-corrected chi connectivity index (χ3v) is 3.15. The maximum Gasteiger partial charge on any atom is 0.197 e. The summed E-state index contributed by atoms with van der Waals surface area (Å²) >= 11 is 5.91. The molecule has 92 valence electrons.